The lowest BCUT2D eigenvalue weighted by atomic mass is 9.77. The quantitative estimate of drug-likeness (QED) is 0.630. The zero-order valence-electron chi connectivity index (χ0n) is 21.4. The van der Waals surface area contributed by atoms with Crippen molar-refractivity contribution < 1.29 is 28.9 Å². The van der Waals surface area contributed by atoms with E-state index < -0.39 is 11.6 Å². The number of aliphatic hydroxyl groups excluding tert-OH is 1. The van der Waals surface area contributed by atoms with Crippen LogP contribution < -0.4 is 4.74 Å². The van der Waals surface area contributed by atoms with Crippen LogP contribution in [0.4, 0.5) is 4.79 Å². The highest BCUT2D eigenvalue weighted by Crippen LogP contribution is 2.45. The predicted molar refractivity (Wildman–Crippen MR) is 129 cm³/mol. The molecular weight excluding hydrogens is 436 g/mol. The Morgan fingerprint density at radius 3 is 2.32 bits per heavy atom. The van der Waals surface area contributed by atoms with Gasteiger partial charge in [0.15, 0.2) is 0 Å². The van der Waals surface area contributed by atoms with E-state index in [2.05, 4.69) is 4.90 Å². The number of likely N-dealkylation sites (tertiary alicyclic amines) is 1. The van der Waals surface area contributed by atoms with Crippen molar-refractivity contribution in [3.8, 4) is 5.75 Å². The summed E-state index contributed by atoms with van der Waals surface area (Å²) in [5.74, 6) is 0.471. The molecule has 3 rings (SSSR count). The van der Waals surface area contributed by atoms with E-state index in [1.54, 1.807) is 19.1 Å². The Hall–Kier alpha value is -2.32. The predicted octanol–water partition coefficient (Wildman–Crippen LogP) is 3.39. The topological polar surface area (TPSA) is 88.5 Å². The molecule has 0 unspecified atom stereocenters. The number of carbonyl (C=O) groups is 2. The van der Waals surface area contributed by atoms with Gasteiger partial charge in [-0.2, -0.15) is 0 Å². The van der Waals surface area contributed by atoms with Crippen LogP contribution in [0.2, 0.25) is 0 Å². The number of aliphatic hydroxyl groups is 1. The van der Waals surface area contributed by atoms with Gasteiger partial charge in [-0.15, -0.1) is 0 Å². The fourth-order valence-electron chi connectivity index (χ4n) is 5.31. The molecule has 1 saturated carbocycles. The lowest BCUT2D eigenvalue weighted by Gasteiger charge is -2.45. The maximum Gasteiger partial charge on any atom is 0.410 e. The Bertz CT molecular complexity index is 842. The zero-order chi connectivity index (χ0) is 25.1. The lowest BCUT2D eigenvalue weighted by Crippen LogP contribution is -2.55. The summed E-state index contributed by atoms with van der Waals surface area (Å²) < 4.78 is 16.1. The summed E-state index contributed by atoms with van der Waals surface area (Å²) in [5, 5.41) is 10.2. The zero-order valence-corrected chi connectivity index (χ0v) is 21.4. The van der Waals surface area contributed by atoms with Crippen LogP contribution in [0.5, 0.6) is 5.75 Å². The molecule has 1 amide bonds. The number of ether oxygens (including phenoxy) is 3. The standard InChI is InChI=1S/C26H40N2O6/c1-25(2,3)34-24(31)27(4)19-16-26(13-11-20(29)12-14-26)28(17-19)22(23(30)33-6)15-18-7-9-21(32-5)10-8-18/h7-10,19-20,22,29H,11-17H2,1-6H3/t19-,20?,22+,26?/m0/s1. The number of methoxy groups -OCH3 is 2. The molecule has 1 saturated heterocycles. The molecule has 1 aliphatic heterocycles. The minimum Gasteiger partial charge on any atom is -0.497 e. The van der Waals surface area contributed by atoms with Gasteiger partial charge in [0.1, 0.15) is 17.4 Å². The van der Waals surface area contributed by atoms with Crippen molar-refractivity contribution in [3.05, 3.63) is 29.8 Å². The average Bonchev–Trinajstić information content (AvgIpc) is 3.16. The Kier molecular flexibility index (Phi) is 8.14. The third-order valence-corrected chi connectivity index (χ3v) is 7.18. The van der Waals surface area contributed by atoms with E-state index in [-0.39, 0.29) is 29.7 Å². The van der Waals surface area contributed by atoms with Crippen molar-refractivity contribution in [2.75, 3.05) is 27.8 Å². The van der Waals surface area contributed by atoms with Gasteiger partial charge in [-0.05, 0) is 77.0 Å². The van der Waals surface area contributed by atoms with Crippen molar-refractivity contribution in [3.63, 3.8) is 0 Å². The molecule has 8 heteroatoms. The highest BCUT2D eigenvalue weighted by molar-refractivity contribution is 5.76. The van der Waals surface area contributed by atoms with Crippen LogP contribution in [0.1, 0.15) is 58.4 Å². The van der Waals surface area contributed by atoms with Crippen molar-refractivity contribution in [2.45, 2.75) is 88.6 Å². The fraction of sp³-hybridized carbons (Fsp3) is 0.692. The first-order chi connectivity index (χ1) is 16.0. The maximum atomic E-state index is 13.1. The Morgan fingerprint density at radius 2 is 1.79 bits per heavy atom. The van der Waals surface area contributed by atoms with Crippen LogP contribution in [-0.2, 0) is 20.7 Å². The van der Waals surface area contributed by atoms with Crippen LogP contribution in [0.25, 0.3) is 0 Å². The lowest BCUT2D eigenvalue weighted by molar-refractivity contribution is -0.150. The first-order valence-electron chi connectivity index (χ1n) is 12.1. The second-order valence-electron chi connectivity index (χ2n) is 10.6. The summed E-state index contributed by atoms with van der Waals surface area (Å²) in [5.41, 5.74) is 0.135. The highest BCUT2D eigenvalue weighted by atomic mass is 16.6. The van der Waals surface area contributed by atoms with Crippen molar-refractivity contribution in [2.24, 2.45) is 0 Å². The summed E-state index contributed by atoms with van der Waals surface area (Å²) >= 11 is 0. The summed E-state index contributed by atoms with van der Waals surface area (Å²) in [7, 11) is 4.81. The van der Waals surface area contributed by atoms with Gasteiger partial charge in [0.25, 0.3) is 0 Å². The molecule has 190 valence electrons. The number of nitrogens with zero attached hydrogens (tertiary/aromatic N) is 2. The van der Waals surface area contributed by atoms with Gasteiger partial charge in [0.2, 0.25) is 0 Å². The van der Waals surface area contributed by atoms with E-state index in [1.807, 2.05) is 45.0 Å². The van der Waals surface area contributed by atoms with Crippen LogP contribution in [0.3, 0.4) is 0 Å². The molecule has 34 heavy (non-hydrogen) atoms. The fourth-order valence-corrected chi connectivity index (χ4v) is 5.31. The molecule has 8 nitrogen and oxygen atoms in total. The number of likely N-dealkylation sites (N-methyl/N-ethyl adjacent to an activating group) is 1. The summed E-state index contributed by atoms with van der Waals surface area (Å²) in [6.07, 6.45) is 3.41. The smallest absolute Gasteiger partial charge is 0.410 e. The minimum atomic E-state index is -0.584. The van der Waals surface area contributed by atoms with Crippen molar-refractivity contribution in [1.82, 2.24) is 9.80 Å². The van der Waals surface area contributed by atoms with Gasteiger partial charge in [0, 0.05) is 25.2 Å². The molecule has 1 aromatic carbocycles. The SMILES string of the molecule is COC(=O)[C@@H](Cc1ccc(OC)cc1)N1C[C@@H](N(C)C(=O)OC(C)(C)C)CC12CCC(O)CC2. The monoisotopic (exact) mass is 476 g/mol. The molecule has 1 N–H and O–H groups in total. The summed E-state index contributed by atoms with van der Waals surface area (Å²) in [6.45, 7) is 6.10. The van der Waals surface area contributed by atoms with Crippen molar-refractivity contribution in [1.29, 1.82) is 0 Å². The first-order valence-corrected chi connectivity index (χ1v) is 12.1. The van der Waals surface area contributed by atoms with Crippen molar-refractivity contribution >= 4 is 12.1 Å². The second-order valence-corrected chi connectivity index (χ2v) is 10.6. The van der Waals surface area contributed by atoms with E-state index in [9.17, 15) is 14.7 Å². The second kappa shape index (κ2) is 10.5. The Labute approximate surface area is 203 Å². The molecule has 1 aromatic rings. The van der Waals surface area contributed by atoms with Gasteiger partial charge in [-0.25, -0.2) is 4.79 Å². The van der Waals surface area contributed by atoms with Gasteiger partial charge in [-0.1, -0.05) is 12.1 Å². The summed E-state index contributed by atoms with van der Waals surface area (Å²) in [6, 6.07) is 7.11. The largest absolute Gasteiger partial charge is 0.497 e. The van der Waals surface area contributed by atoms with E-state index in [0.29, 0.717) is 25.8 Å². The van der Waals surface area contributed by atoms with E-state index in [1.165, 1.54) is 7.11 Å². The highest BCUT2D eigenvalue weighted by Gasteiger charge is 2.52. The number of hydrogen-bond acceptors (Lipinski definition) is 7. The number of amides is 1. The van der Waals surface area contributed by atoms with Gasteiger partial charge in [0.05, 0.1) is 20.3 Å². The van der Waals surface area contributed by atoms with Crippen LogP contribution in [0.15, 0.2) is 24.3 Å². The Morgan fingerprint density at radius 1 is 1.18 bits per heavy atom. The van der Waals surface area contributed by atoms with Gasteiger partial charge in [-0.3, -0.25) is 9.69 Å². The molecule has 1 aliphatic carbocycles. The number of rotatable bonds is 6. The third-order valence-electron chi connectivity index (χ3n) is 7.18. The Balaban J connectivity index is 1.89. The number of hydrogen-bond donors (Lipinski definition) is 1. The first kappa shape index (κ1) is 26.3. The molecule has 0 bridgehead atoms. The molecule has 1 spiro atoms. The molecule has 0 radical (unpaired) electrons. The molecule has 2 aliphatic rings. The van der Waals surface area contributed by atoms with E-state index >= 15 is 0 Å². The van der Waals surface area contributed by atoms with E-state index in [0.717, 1.165) is 30.6 Å². The molecule has 2 atom stereocenters. The van der Waals surface area contributed by atoms with Crippen LogP contribution in [0, 0.1) is 0 Å². The minimum absolute atomic E-state index is 0.104. The summed E-state index contributed by atoms with van der Waals surface area (Å²) in [4.78, 5) is 29.8. The molecule has 1 heterocycles. The molecular formula is C26H40N2O6. The van der Waals surface area contributed by atoms with Crippen LogP contribution >= 0.6 is 0 Å². The maximum absolute atomic E-state index is 13.1. The number of carbonyl (C=O) groups excluding carboxylic acids is 2. The molecule has 0 aromatic heterocycles. The van der Waals surface area contributed by atoms with Gasteiger partial charge < -0.3 is 24.2 Å². The average molecular weight is 477 g/mol. The number of benzene rings is 1. The van der Waals surface area contributed by atoms with Crippen LogP contribution in [-0.4, -0.2) is 84.1 Å². The number of esters is 1. The normalized spacial score (nSPS) is 26.2. The third kappa shape index (κ3) is 6.02. The van der Waals surface area contributed by atoms with E-state index in [4.69, 9.17) is 14.2 Å². The molecule has 2 fully saturated rings. The van der Waals surface area contributed by atoms with Gasteiger partial charge >= 0.3 is 12.1 Å².